The third kappa shape index (κ3) is 2.50. The summed E-state index contributed by atoms with van der Waals surface area (Å²) in [5, 5.41) is 0. The summed E-state index contributed by atoms with van der Waals surface area (Å²) in [4.78, 5) is 4.22. The van der Waals surface area contributed by atoms with Crippen LogP contribution >= 0.6 is 35.3 Å². The molecule has 1 aliphatic carbocycles. The molecule has 1 aliphatic rings. The summed E-state index contributed by atoms with van der Waals surface area (Å²) >= 11 is 5.53. The van der Waals surface area contributed by atoms with E-state index in [1.54, 1.807) is 0 Å². The number of hydrogen-bond donors (Lipinski definition) is 1. The van der Waals surface area contributed by atoms with Gasteiger partial charge >= 0.3 is 0 Å². The van der Waals surface area contributed by atoms with Gasteiger partial charge in [0, 0.05) is 26.6 Å². The van der Waals surface area contributed by atoms with Crippen LogP contribution in [0.3, 0.4) is 0 Å². The summed E-state index contributed by atoms with van der Waals surface area (Å²) in [7, 11) is 0. The molecular weight excluding hydrogens is 266 g/mol. The SMILES string of the molecule is CSc1cc(C2(CN)CC2)cc(SC)c1SC. The van der Waals surface area contributed by atoms with Crippen LogP contribution in [0.1, 0.15) is 18.4 Å². The Bertz CT molecular complexity index is 388. The molecule has 1 fully saturated rings. The Morgan fingerprint density at radius 2 is 1.59 bits per heavy atom. The number of thioether (sulfide) groups is 3. The van der Waals surface area contributed by atoms with Gasteiger partial charge in [-0.05, 0) is 49.3 Å². The van der Waals surface area contributed by atoms with E-state index in [0.29, 0.717) is 5.41 Å². The first-order valence-corrected chi connectivity index (χ1v) is 9.38. The molecule has 0 bridgehead atoms. The monoisotopic (exact) mass is 285 g/mol. The molecule has 2 N–H and O–H groups in total. The number of hydrogen-bond acceptors (Lipinski definition) is 4. The van der Waals surface area contributed by atoms with Crippen molar-refractivity contribution in [2.75, 3.05) is 25.3 Å². The van der Waals surface area contributed by atoms with Crippen LogP contribution in [0, 0.1) is 0 Å². The Kier molecular flexibility index (Phi) is 4.40. The zero-order valence-corrected chi connectivity index (χ0v) is 13.0. The van der Waals surface area contributed by atoms with Gasteiger partial charge in [-0.15, -0.1) is 35.3 Å². The molecule has 1 saturated carbocycles. The zero-order valence-electron chi connectivity index (χ0n) is 10.6. The molecule has 94 valence electrons. The quantitative estimate of drug-likeness (QED) is 0.831. The minimum absolute atomic E-state index is 0.298. The van der Waals surface area contributed by atoms with Crippen LogP contribution in [0.25, 0.3) is 0 Å². The molecule has 0 aromatic heterocycles. The van der Waals surface area contributed by atoms with E-state index in [1.165, 1.54) is 33.1 Å². The molecule has 1 aromatic carbocycles. The topological polar surface area (TPSA) is 26.0 Å². The summed E-state index contributed by atoms with van der Waals surface area (Å²) in [6.45, 7) is 0.785. The second-order valence-electron chi connectivity index (χ2n) is 4.40. The van der Waals surface area contributed by atoms with Crippen molar-refractivity contribution >= 4 is 35.3 Å². The second kappa shape index (κ2) is 5.47. The molecular formula is C13H19NS3. The summed E-state index contributed by atoms with van der Waals surface area (Å²) in [6.07, 6.45) is 8.98. The summed E-state index contributed by atoms with van der Waals surface area (Å²) < 4.78 is 0. The van der Waals surface area contributed by atoms with Gasteiger partial charge in [-0.3, -0.25) is 0 Å². The zero-order chi connectivity index (χ0) is 12.5. The lowest BCUT2D eigenvalue weighted by molar-refractivity contribution is 0.697. The Morgan fingerprint density at radius 3 is 1.88 bits per heavy atom. The van der Waals surface area contributed by atoms with E-state index >= 15 is 0 Å². The predicted octanol–water partition coefficient (Wildman–Crippen LogP) is 3.84. The highest BCUT2D eigenvalue weighted by Gasteiger charge is 2.43. The maximum Gasteiger partial charge on any atom is 0.0341 e. The molecule has 1 aromatic rings. The summed E-state index contributed by atoms with van der Waals surface area (Å²) in [5.41, 5.74) is 7.68. The van der Waals surface area contributed by atoms with Crippen molar-refractivity contribution in [3.05, 3.63) is 17.7 Å². The van der Waals surface area contributed by atoms with Crippen LogP contribution in [-0.4, -0.2) is 25.3 Å². The smallest absolute Gasteiger partial charge is 0.0341 e. The van der Waals surface area contributed by atoms with Crippen LogP contribution in [0.15, 0.2) is 26.8 Å². The normalized spacial score (nSPS) is 17.2. The van der Waals surface area contributed by atoms with E-state index < -0.39 is 0 Å². The minimum atomic E-state index is 0.298. The maximum atomic E-state index is 5.94. The van der Waals surface area contributed by atoms with E-state index in [9.17, 15) is 0 Å². The lowest BCUT2D eigenvalue weighted by Crippen LogP contribution is -2.19. The first-order chi connectivity index (χ1) is 8.20. The lowest BCUT2D eigenvalue weighted by atomic mass is 9.96. The molecule has 2 rings (SSSR count). The maximum absolute atomic E-state index is 5.94. The van der Waals surface area contributed by atoms with Crippen LogP contribution in [0.4, 0.5) is 0 Å². The fraction of sp³-hybridized carbons (Fsp3) is 0.538. The Labute approximate surface area is 117 Å². The van der Waals surface area contributed by atoms with E-state index in [1.807, 2.05) is 35.3 Å². The molecule has 0 heterocycles. The standard InChI is InChI=1S/C13H19NS3/c1-15-10-6-9(13(8-14)4-5-13)7-11(16-2)12(10)17-3/h6-7H,4-5,8,14H2,1-3H3. The molecule has 0 atom stereocenters. The van der Waals surface area contributed by atoms with Gasteiger partial charge in [0.15, 0.2) is 0 Å². The summed E-state index contributed by atoms with van der Waals surface area (Å²) in [6, 6.07) is 4.71. The van der Waals surface area contributed by atoms with Crippen molar-refractivity contribution in [2.24, 2.45) is 5.73 Å². The Morgan fingerprint density at radius 1 is 1.06 bits per heavy atom. The molecule has 0 saturated heterocycles. The predicted molar refractivity (Wildman–Crippen MR) is 81.8 cm³/mol. The molecule has 0 amide bonds. The van der Waals surface area contributed by atoms with Crippen LogP contribution < -0.4 is 5.73 Å². The molecule has 1 nitrogen and oxygen atoms in total. The first kappa shape index (κ1) is 13.7. The Balaban J connectivity index is 2.49. The van der Waals surface area contributed by atoms with E-state index in [4.69, 9.17) is 5.73 Å². The molecule has 4 heteroatoms. The number of benzene rings is 1. The van der Waals surface area contributed by atoms with Crippen LogP contribution in [0.2, 0.25) is 0 Å². The highest BCUT2D eigenvalue weighted by atomic mass is 32.2. The molecule has 0 spiro atoms. The third-order valence-corrected chi connectivity index (χ3v) is 6.15. The van der Waals surface area contributed by atoms with E-state index in [-0.39, 0.29) is 0 Å². The van der Waals surface area contributed by atoms with Gasteiger partial charge in [-0.25, -0.2) is 0 Å². The van der Waals surface area contributed by atoms with E-state index in [0.717, 1.165) is 6.54 Å². The third-order valence-electron chi connectivity index (χ3n) is 3.52. The average Bonchev–Trinajstić information content (AvgIpc) is 3.17. The van der Waals surface area contributed by atoms with Crippen molar-refractivity contribution in [3.63, 3.8) is 0 Å². The van der Waals surface area contributed by atoms with Gasteiger partial charge in [0.2, 0.25) is 0 Å². The minimum Gasteiger partial charge on any atom is -0.330 e. The average molecular weight is 286 g/mol. The summed E-state index contributed by atoms with van der Waals surface area (Å²) in [5.74, 6) is 0. The van der Waals surface area contributed by atoms with Crippen molar-refractivity contribution in [1.82, 2.24) is 0 Å². The number of nitrogens with two attached hydrogens (primary N) is 1. The fourth-order valence-electron chi connectivity index (χ4n) is 2.15. The lowest BCUT2D eigenvalue weighted by Gasteiger charge is -2.18. The van der Waals surface area contributed by atoms with Gasteiger partial charge in [-0.2, -0.15) is 0 Å². The van der Waals surface area contributed by atoms with Crippen LogP contribution in [-0.2, 0) is 5.41 Å². The van der Waals surface area contributed by atoms with Gasteiger partial charge in [0.1, 0.15) is 0 Å². The van der Waals surface area contributed by atoms with Crippen molar-refractivity contribution < 1.29 is 0 Å². The molecule has 17 heavy (non-hydrogen) atoms. The highest BCUT2D eigenvalue weighted by Crippen LogP contribution is 2.50. The Hall–Kier alpha value is 0.230. The second-order valence-corrected chi connectivity index (χ2v) is 6.91. The molecule has 0 aliphatic heterocycles. The van der Waals surface area contributed by atoms with Gasteiger partial charge in [0.25, 0.3) is 0 Å². The fourth-order valence-corrected chi connectivity index (χ4v) is 4.81. The van der Waals surface area contributed by atoms with Crippen molar-refractivity contribution in [2.45, 2.75) is 32.9 Å². The van der Waals surface area contributed by atoms with Crippen LogP contribution in [0.5, 0.6) is 0 Å². The van der Waals surface area contributed by atoms with Gasteiger partial charge < -0.3 is 5.73 Å². The number of rotatable bonds is 5. The largest absolute Gasteiger partial charge is 0.330 e. The molecule has 0 unspecified atom stereocenters. The first-order valence-electron chi connectivity index (χ1n) is 5.71. The molecule has 0 radical (unpaired) electrons. The van der Waals surface area contributed by atoms with E-state index in [2.05, 4.69) is 30.9 Å². The van der Waals surface area contributed by atoms with Gasteiger partial charge in [0.05, 0.1) is 0 Å². The van der Waals surface area contributed by atoms with Crippen molar-refractivity contribution in [3.8, 4) is 0 Å². The van der Waals surface area contributed by atoms with Gasteiger partial charge in [-0.1, -0.05) is 0 Å². The van der Waals surface area contributed by atoms with Crippen molar-refractivity contribution in [1.29, 1.82) is 0 Å². The highest BCUT2D eigenvalue weighted by molar-refractivity contribution is 8.03.